The Balaban J connectivity index is 1.63. The summed E-state index contributed by atoms with van der Waals surface area (Å²) < 4.78 is 12.7. The number of ketones is 1. The maximum absolute atomic E-state index is 12.9. The normalized spacial score (nSPS) is 17.2. The minimum atomic E-state index is -0.999. The molecule has 2 aliphatic heterocycles. The van der Waals surface area contributed by atoms with Crippen LogP contribution < -0.4 is 14.8 Å². The summed E-state index contributed by atoms with van der Waals surface area (Å²) in [6.07, 6.45) is 0. The van der Waals surface area contributed by atoms with Crippen molar-refractivity contribution in [3.63, 3.8) is 0 Å². The third-order valence-electron chi connectivity index (χ3n) is 5.09. The van der Waals surface area contributed by atoms with Crippen LogP contribution in [-0.4, -0.2) is 46.1 Å². The van der Waals surface area contributed by atoms with Gasteiger partial charge in [0.05, 0.1) is 6.54 Å². The van der Waals surface area contributed by atoms with Crippen molar-refractivity contribution in [3.05, 3.63) is 41.2 Å². The van der Waals surface area contributed by atoms with Crippen LogP contribution in [0.1, 0.15) is 35.6 Å². The van der Waals surface area contributed by atoms with Crippen molar-refractivity contribution < 1.29 is 23.9 Å². The summed E-state index contributed by atoms with van der Waals surface area (Å²) in [5, 5.41) is 2.59. The molecule has 1 N–H and O–H groups in total. The number of urea groups is 1. The molecule has 0 unspecified atom stereocenters. The second-order valence-electron chi connectivity index (χ2n) is 7.53. The minimum absolute atomic E-state index is 0.189. The van der Waals surface area contributed by atoms with Crippen LogP contribution in [0.4, 0.5) is 4.79 Å². The quantitative estimate of drug-likeness (QED) is 0.647. The first-order valence-electron chi connectivity index (χ1n) is 8.95. The number of rotatable bonds is 4. The van der Waals surface area contributed by atoms with Gasteiger partial charge in [0.1, 0.15) is 5.54 Å². The lowest BCUT2D eigenvalue weighted by Crippen LogP contribution is -2.41. The third-order valence-corrected chi connectivity index (χ3v) is 5.09. The van der Waals surface area contributed by atoms with E-state index in [1.54, 1.807) is 19.9 Å². The van der Waals surface area contributed by atoms with Crippen LogP contribution in [0.15, 0.2) is 24.3 Å². The van der Waals surface area contributed by atoms with Crippen molar-refractivity contribution >= 4 is 17.7 Å². The summed E-state index contributed by atoms with van der Waals surface area (Å²) in [5.74, 6) is 0.639. The zero-order valence-corrected chi connectivity index (χ0v) is 16.2. The fraction of sp³-hybridized carbons (Fsp3) is 0.350. The maximum atomic E-state index is 12.9. The van der Waals surface area contributed by atoms with Crippen LogP contribution in [0.2, 0.25) is 0 Å². The van der Waals surface area contributed by atoms with Gasteiger partial charge in [0.25, 0.3) is 5.91 Å². The summed E-state index contributed by atoms with van der Waals surface area (Å²) in [5.41, 5.74) is 1.90. The number of hydrogen-bond donors (Lipinski definition) is 1. The molecule has 4 rings (SSSR count). The van der Waals surface area contributed by atoms with E-state index in [0.29, 0.717) is 17.1 Å². The maximum Gasteiger partial charge on any atom is 0.325 e. The number of carbonyl (C=O) groups is 3. The molecule has 0 atom stereocenters. The average Bonchev–Trinajstić information content (AvgIpc) is 3.26. The number of aromatic nitrogens is 1. The molecule has 8 nitrogen and oxygen atoms in total. The molecule has 0 spiro atoms. The van der Waals surface area contributed by atoms with Crippen molar-refractivity contribution in [2.24, 2.45) is 0 Å². The van der Waals surface area contributed by atoms with Crippen molar-refractivity contribution in [2.45, 2.75) is 33.2 Å². The highest BCUT2D eigenvalue weighted by atomic mass is 16.7. The highest BCUT2D eigenvalue weighted by molar-refractivity contribution is 6.11. The molecule has 146 valence electrons. The number of amides is 3. The number of aryl methyl sites for hydroxylation is 1. The SMILES string of the molecule is Cc1cc(C(=O)CN2C(=O)NC(C)(C)C2=O)c(C)n1-c1ccc2c(c1)OCO2. The molecule has 0 saturated carbocycles. The van der Waals surface area contributed by atoms with Crippen LogP contribution in [-0.2, 0) is 4.79 Å². The molecule has 3 amide bonds. The molecular formula is C20H21N3O5. The van der Waals surface area contributed by atoms with Crippen LogP contribution in [0.25, 0.3) is 5.69 Å². The number of imide groups is 1. The molecular weight excluding hydrogens is 362 g/mol. The summed E-state index contributed by atoms with van der Waals surface area (Å²) in [4.78, 5) is 38.3. The monoisotopic (exact) mass is 383 g/mol. The second kappa shape index (κ2) is 6.12. The number of benzene rings is 1. The lowest BCUT2D eigenvalue weighted by Gasteiger charge is -2.15. The fourth-order valence-electron chi connectivity index (χ4n) is 3.66. The van der Waals surface area contributed by atoms with E-state index in [1.807, 2.05) is 36.6 Å². The molecule has 0 bridgehead atoms. The number of Topliss-reactive ketones (excluding diaryl/α,β-unsaturated/α-hetero) is 1. The van der Waals surface area contributed by atoms with Gasteiger partial charge in [-0.3, -0.25) is 14.5 Å². The van der Waals surface area contributed by atoms with E-state index < -0.39 is 17.5 Å². The van der Waals surface area contributed by atoms with Gasteiger partial charge in [-0.1, -0.05) is 0 Å². The van der Waals surface area contributed by atoms with Gasteiger partial charge in [0.15, 0.2) is 17.3 Å². The first-order chi connectivity index (χ1) is 13.2. The second-order valence-corrected chi connectivity index (χ2v) is 7.53. The van der Waals surface area contributed by atoms with Crippen LogP contribution in [0, 0.1) is 13.8 Å². The van der Waals surface area contributed by atoms with Gasteiger partial charge >= 0.3 is 6.03 Å². The number of nitrogens with one attached hydrogen (secondary N) is 1. The number of carbonyl (C=O) groups excluding carboxylic acids is 3. The number of ether oxygens (including phenoxy) is 2. The van der Waals surface area contributed by atoms with E-state index in [-0.39, 0.29) is 19.1 Å². The fourth-order valence-corrected chi connectivity index (χ4v) is 3.66. The first kappa shape index (κ1) is 18.1. The van der Waals surface area contributed by atoms with Crippen molar-refractivity contribution in [1.29, 1.82) is 0 Å². The van der Waals surface area contributed by atoms with Crippen molar-refractivity contribution in [2.75, 3.05) is 13.3 Å². The van der Waals surface area contributed by atoms with Crippen LogP contribution in [0.5, 0.6) is 11.5 Å². The summed E-state index contributed by atoms with van der Waals surface area (Å²) in [7, 11) is 0. The molecule has 0 radical (unpaired) electrons. The Morgan fingerprint density at radius 2 is 1.86 bits per heavy atom. The molecule has 1 saturated heterocycles. The lowest BCUT2D eigenvalue weighted by molar-refractivity contribution is -0.129. The number of fused-ring (bicyclic) bond motifs is 1. The molecule has 2 aliphatic rings. The highest BCUT2D eigenvalue weighted by Crippen LogP contribution is 2.35. The predicted molar refractivity (Wildman–Crippen MR) is 100 cm³/mol. The predicted octanol–water partition coefficient (Wildman–Crippen LogP) is 2.34. The Labute approximate surface area is 162 Å². The summed E-state index contributed by atoms with van der Waals surface area (Å²) in [6, 6.07) is 6.80. The molecule has 2 aromatic rings. The van der Waals surface area contributed by atoms with Gasteiger partial charge in [0, 0.05) is 28.7 Å². The van der Waals surface area contributed by atoms with Gasteiger partial charge in [-0.05, 0) is 45.9 Å². The highest BCUT2D eigenvalue weighted by Gasteiger charge is 2.45. The molecule has 3 heterocycles. The van der Waals surface area contributed by atoms with E-state index >= 15 is 0 Å². The third kappa shape index (κ3) is 2.72. The molecule has 28 heavy (non-hydrogen) atoms. The Morgan fingerprint density at radius 3 is 2.54 bits per heavy atom. The Kier molecular flexibility index (Phi) is 3.95. The minimum Gasteiger partial charge on any atom is -0.454 e. The average molecular weight is 383 g/mol. The topological polar surface area (TPSA) is 89.9 Å². The van der Waals surface area contributed by atoms with Gasteiger partial charge in [-0.2, -0.15) is 0 Å². The first-order valence-corrected chi connectivity index (χ1v) is 8.95. The van der Waals surface area contributed by atoms with Gasteiger partial charge in [0.2, 0.25) is 6.79 Å². The Bertz CT molecular complexity index is 1020. The number of hydrogen-bond acceptors (Lipinski definition) is 5. The van der Waals surface area contributed by atoms with Gasteiger partial charge in [-0.15, -0.1) is 0 Å². The number of nitrogens with zero attached hydrogens (tertiary/aromatic N) is 2. The van der Waals surface area contributed by atoms with Crippen LogP contribution in [0.3, 0.4) is 0 Å². The smallest absolute Gasteiger partial charge is 0.325 e. The van der Waals surface area contributed by atoms with E-state index in [0.717, 1.165) is 22.0 Å². The largest absolute Gasteiger partial charge is 0.454 e. The molecule has 1 aromatic heterocycles. The molecule has 0 aliphatic carbocycles. The van der Waals surface area contributed by atoms with E-state index in [2.05, 4.69) is 5.32 Å². The lowest BCUT2D eigenvalue weighted by atomic mass is 10.1. The molecule has 1 aromatic carbocycles. The van der Waals surface area contributed by atoms with E-state index in [9.17, 15) is 14.4 Å². The van der Waals surface area contributed by atoms with Crippen molar-refractivity contribution in [1.82, 2.24) is 14.8 Å². The zero-order valence-electron chi connectivity index (χ0n) is 16.2. The van der Waals surface area contributed by atoms with Gasteiger partial charge in [-0.25, -0.2) is 4.79 Å². The van der Waals surface area contributed by atoms with Crippen molar-refractivity contribution in [3.8, 4) is 17.2 Å². The molecule has 1 fully saturated rings. The van der Waals surface area contributed by atoms with Crippen LogP contribution >= 0.6 is 0 Å². The van der Waals surface area contributed by atoms with E-state index in [1.165, 1.54) is 0 Å². The van der Waals surface area contributed by atoms with Gasteiger partial charge < -0.3 is 19.4 Å². The summed E-state index contributed by atoms with van der Waals surface area (Å²) >= 11 is 0. The summed E-state index contributed by atoms with van der Waals surface area (Å²) in [6.45, 7) is 6.85. The Morgan fingerprint density at radius 1 is 1.14 bits per heavy atom. The molecule has 8 heteroatoms. The van der Waals surface area contributed by atoms with E-state index in [4.69, 9.17) is 9.47 Å². The standard InChI is InChI=1S/C20H21N3O5/c1-11-7-14(15(24)9-22-18(25)20(3,4)21-19(22)26)12(2)23(11)13-5-6-16-17(8-13)28-10-27-16/h5-8H,9-10H2,1-4H3,(H,21,26). The Hall–Kier alpha value is -3.29. The zero-order chi connectivity index (χ0) is 20.2.